The van der Waals surface area contributed by atoms with Crippen molar-refractivity contribution >= 4 is 30.1 Å². The maximum Gasteiger partial charge on any atom is 0.330 e. The van der Waals surface area contributed by atoms with Gasteiger partial charge >= 0.3 is 17.9 Å². The number of aromatic hydroxyl groups is 4. The van der Waals surface area contributed by atoms with Gasteiger partial charge in [0.1, 0.15) is 97.2 Å². The number of aliphatic carboxylic acids is 1. The highest BCUT2D eigenvalue weighted by Gasteiger charge is 2.48. The number of carboxylic acid groups (broad SMARTS) is 1. The molecule has 0 saturated carbocycles. The fourth-order valence-corrected chi connectivity index (χ4v) is 6.23. The lowest BCUT2D eigenvalue weighted by atomic mass is 9.98. The van der Waals surface area contributed by atoms with Crippen molar-refractivity contribution in [1.82, 2.24) is 0 Å². The number of hydrogen-bond donors (Lipinski definition) is 11. The first-order valence-corrected chi connectivity index (χ1v) is 18.0. The molecule has 6 rings (SSSR count). The SMILES string of the molecule is O=C(O)CC(=O)OC[C@@H]1O[C@@H](Oc2cc(O)cc3c2C=C(O[C@@H]2O[C@H](COC(=O)/C=C/c4ccc(O)cc4)[C@@H](O)[C@H](O)[C@H]2O)C(c2ccc(O)c(O)c2)O3)[C@H](O)[C@@H](O)[C@@H]1O. The van der Waals surface area contributed by atoms with Crippen LogP contribution < -0.4 is 9.47 Å². The molecule has 0 aliphatic carbocycles. The highest BCUT2D eigenvalue weighted by molar-refractivity contribution is 5.90. The van der Waals surface area contributed by atoms with Crippen LogP contribution in [0, 0.1) is 0 Å². The smallest absolute Gasteiger partial charge is 0.330 e. The Balaban J connectivity index is 1.26. The van der Waals surface area contributed by atoms with Crippen molar-refractivity contribution in [3.05, 3.63) is 83.1 Å². The quantitative estimate of drug-likeness (QED) is 0.0437. The summed E-state index contributed by atoms with van der Waals surface area (Å²) in [5.41, 5.74) is 0.615. The Hall–Kier alpha value is -6.17. The summed E-state index contributed by atoms with van der Waals surface area (Å²) in [5, 5.41) is 114. The van der Waals surface area contributed by atoms with Crippen LogP contribution in [0.25, 0.3) is 12.2 Å². The number of phenolic OH excluding ortho intramolecular Hbond substituents is 4. The van der Waals surface area contributed by atoms with Gasteiger partial charge in [-0.15, -0.1) is 0 Å². The molecule has 11 N–H and O–H groups in total. The zero-order valence-corrected chi connectivity index (χ0v) is 30.9. The van der Waals surface area contributed by atoms with Gasteiger partial charge < -0.3 is 89.3 Å². The third-order valence-electron chi connectivity index (χ3n) is 9.41. The van der Waals surface area contributed by atoms with Crippen LogP contribution in [0.15, 0.2) is 66.4 Å². The van der Waals surface area contributed by atoms with Crippen molar-refractivity contribution < 1.29 is 104 Å². The maximum absolute atomic E-state index is 12.5. The zero-order chi connectivity index (χ0) is 43.4. The number of fused-ring (bicyclic) bond motifs is 1. The molecule has 3 aromatic rings. The second kappa shape index (κ2) is 18.4. The number of rotatable bonds is 13. The molecule has 1 unspecified atom stereocenters. The first-order chi connectivity index (χ1) is 28.5. The average Bonchev–Trinajstić information content (AvgIpc) is 3.20. The summed E-state index contributed by atoms with van der Waals surface area (Å²) in [6.45, 7) is -1.41. The van der Waals surface area contributed by atoms with Crippen molar-refractivity contribution in [2.75, 3.05) is 13.2 Å². The minimum atomic E-state index is -1.96. The average molecular weight is 845 g/mol. The van der Waals surface area contributed by atoms with Gasteiger partial charge in [0, 0.05) is 23.8 Å². The molecule has 3 aliphatic rings. The summed E-state index contributed by atoms with van der Waals surface area (Å²) in [4.78, 5) is 35.2. The Kier molecular flexibility index (Phi) is 13.3. The van der Waals surface area contributed by atoms with Crippen LogP contribution in [-0.2, 0) is 38.1 Å². The number of carbonyl (C=O) groups is 3. The van der Waals surface area contributed by atoms with E-state index >= 15 is 0 Å². The van der Waals surface area contributed by atoms with E-state index in [0.717, 1.165) is 30.3 Å². The van der Waals surface area contributed by atoms with Gasteiger partial charge in [-0.05, 0) is 42.0 Å². The predicted octanol–water partition coefficient (Wildman–Crippen LogP) is -0.731. The van der Waals surface area contributed by atoms with Gasteiger partial charge in [-0.2, -0.15) is 0 Å². The van der Waals surface area contributed by atoms with Gasteiger partial charge in [0.05, 0.1) is 5.56 Å². The number of hydrogen-bond acceptors (Lipinski definition) is 20. The zero-order valence-electron chi connectivity index (χ0n) is 30.9. The summed E-state index contributed by atoms with van der Waals surface area (Å²) >= 11 is 0. The third-order valence-corrected chi connectivity index (χ3v) is 9.41. The Labute approximate surface area is 338 Å². The van der Waals surface area contributed by atoms with Crippen molar-refractivity contribution in [3.63, 3.8) is 0 Å². The lowest BCUT2D eigenvalue weighted by Gasteiger charge is -2.41. The Morgan fingerprint density at radius 3 is 1.90 bits per heavy atom. The first kappa shape index (κ1) is 43.4. The molecule has 21 heteroatoms. The van der Waals surface area contributed by atoms with Crippen molar-refractivity contribution in [3.8, 4) is 34.5 Å². The fraction of sp³-hybridized carbons (Fsp3) is 0.359. The van der Waals surface area contributed by atoms with E-state index in [9.17, 15) is 65.4 Å². The molecule has 60 heavy (non-hydrogen) atoms. The largest absolute Gasteiger partial charge is 0.508 e. The topological polar surface area (TPSA) is 338 Å². The second-order valence-corrected chi connectivity index (χ2v) is 13.7. The molecular weight excluding hydrogens is 804 g/mol. The van der Waals surface area contributed by atoms with Crippen molar-refractivity contribution in [1.29, 1.82) is 0 Å². The van der Waals surface area contributed by atoms with E-state index in [4.69, 9.17) is 38.3 Å². The van der Waals surface area contributed by atoms with E-state index in [1.54, 1.807) is 0 Å². The van der Waals surface area contributed by atoms with E-state index in [0.29, 0.717) is 5.56 Å². The monoisotopic (exact) mass is 844 g/mol. The molecule has 3 aromatic carbocycles. The lowest BCUT2D eigenvalue weighted by Crippen LogP contribution is -2.60. The van der Waals surface area contributed by atoms with Gasteiger partial charge in [0.15, 0.2) is 17.6 Å². The Bertz CT molecular complexity index is 2100. The number of phenols is 4. The number of benzene rings is 3. The second-order valence-electron chi connectivity index (χ2n) is 13.7. The number of carbonyl (C=O) groups excluding carboxylic acids is 2. The molecule has 322 valence electrons. The minimum absolute atomic E-state index is 0.0148. The molecule has 0 amide bonds. The molecule has 0 bridgehead atoms. The first-order valence-electron chi connectivity index (χ1n) is 18.0. The summed E-state index contributed by atoms with van der Waals surface area (Å²) in [6, 6.07) is 11.6. The van der Waals surface area contributed by atoms with Crippen LogP contribution in [0.2, 0.25) is 0 Å². The van der Waals surface area contributed by atoms with Crippen LogP contribution in [0.1, 0.15) is 29.2 Å². The molecule has 3 heterocycles. The fourth-order valence-electron chi connectivity index (χ4n) is 6.23. The summed E-state index contributed by atoms with van der Waals surface area (Å²) in [6.07, 6.45) is -16.8. The van der Waals surface area contributed by atoms with Gasteiger partial charge in [-0.25, -0.2) is 4.79 Å². The standard InChI is InChI=1S/C39H40O21/c40-18-5-1-16(2-6-18)3-8-29(46)54-14-26-31(48)34(51)36(53)39(60-26)58-25-12-20-23(56-37(25)17-4-7-21(42)22(43)9-17)10-19(41)11-24(20)57-38-35(52)33(50)32(49)27(59-38)15-55-30(47)13-28(44)45/h1-12,26-27,31-43,48-53H,13-15H2,(H,44,45)/b8-3+/t26-,27+,31-,32-,33+,34+,35-,36-,37?,38-,39-/m1/s1. The number of ether oxygens (including phenoxy) is 7. The normalized spacial score (nSPS) is 28.8. The Morgan fingerprint density at radius 1 is 0.667 bits per heavy atom. The molecule has 11 atom stereocenters. The Morgan fingerprint density at radius 2 is 1.28 bits per heavy atom. The van der Waals surface area contributed by atoms with Gasteiger partial charge in [0.2, 0.25) is 12.6 Å². The molecule has 0 aromatic heterocycles. The molecule has 2 fully saturated rings. The van der Waals surface area contributed by atoms with E-state index in [1.165, 1.54) is 42.5 Å². The van der Waals surface area contributed by atoms with Crippen molar-refractivity contribution in [2.24, 2.45) is 0 Å². The molecule has 3 aliphatic heterocycles. The molecule has 0 spiro atoms. The van der Waals surface area contributed by atoms with Crippen LogP contribution in [0.5, 0.6) is 34.5 Å². The van der Waals surface area contributed by atoms with Crippen LogP contribution >= 0.6 is 0 Å². The van der Waals surface area contributed by atoms with E-state index < -0.39 is 122 Å². The van der Waals surface area contributed by atoms with E-state index in [1.807, 2.05) is 0 Å². The number of aliphatic hydroxyl groups excluding tert-OH is 6. The summed E-state index contributed by atoms with van der Waals surface area (Å²) < 4.78 is 39.4. The van der Waals surface area contributed by atoms with E-state index in [2.05, 4.69) is 0 Å². The van der Waals surface area contributed by atoms with E-state index in [-0.39, 0.29) is 34.1 Å². The molecule has 2 saturated heterocycles. The number of esters is 2. The maximum atomic E-state index is 12.5. The third kappa shape index (κ3) is 9.98. The highest BCUT2D eigenvalue weighted by Crippen LogP contribution is 2.46. The van der Waals surface area contributed by atoms with Gasteiger partial charge in [-0.1, -0.05) is 18.2 Å². The van der Waals surface area contributed by atoms with Crippen LogP contribution in [-0.4, -0.2) is 149 Å². The van der Waals surface area contributed by atoms with Gasteiger partial charge in [-0.3, -0.25) is 9.59 Å². The van der Waals surface area contributed by atoms with Crippen LogP contribution in [0.4, 0.5) is 0 Å². The highest BCUT2D eigenvalue weighted by atomic mass is 16.7. The summed E-state index contributed by atoms with van der Waals surface area (Å²) in [7, 11) is 0. The number of carboxylic acids is 1. The molecular formula is C39H40O21. The lowest BCUT2D eigenvalue weighted by molar-refractivity contribution is -0.294. The molecule has 0 radical (unpaired) electrons. The van der Waals surface area contributed by atoms with Crippen molar-refractivity contribution in [2.45, 2.75) is 73.9 Å². The molecule has 21 nitrogen and oxygen atoms in total. The predicted molar refractivity (Wildman–Crippen MR) is 196 cm³/mol. The minimum Gasteiger partial charge on any atom is -0.508 e. The summed E-state index contributed by atoms with van der Waals surface area (Å²) in [5.74, 6) is -5.81. The van der Waals surface area contributed by atoms with Gasteiger partial charge in [0.25, 0.3) is 0 Å². The number of aliphatic hydroxyl groups is 6. The van der Waals surface area contributed by atoms with Crippen LogP contribution in [0.3, 0.4) is 0 Å².